The summed E-state index contributed by atoms with van der Waals surface area (Å²) in [5.41, 5.74) is 0. The molecule has 0 aromatic carbocycles. The van der Waals surface area contributed by atoms with Gasteiger partial charge >= 0.3 is 0 Å². The minimum absolute atomic E-state index is 0.805. The zero-order valence-electron chi connectivity index (χ0n) is 7.68. The van der Waals surface area contributed by atoms with Gasteiger partial charge in [0.05, 0.1) is 0 Å². The first-order valence-electron chi connectivity index (χ1n) is 4.88. The van der Waals surface area contributed by atoms with E-state index in [0.717, 1.165) is 12.5 Å². The van der Waals surface area contributed by atoms with Gasteiger partial charge in [-0.1, -0.05) is 19.8 Å². The number of hydrogen-bond acceptors (Lipinski definition) is 1. The van der Waals surface area contributed by atoms with E-state index < -0.39 is 0 Å². The molecular weight excluding hydrogens is 134 g/mol. The molecule has 11 heavy (non-hydrogen) atoms. The van der Waals surface area contributed by atoms with Gasteiger partial charge in [-0.25, -0.2) is 0 Å². The molecule has 1 atom stereocenters. The van der Waals surface area contributed by atoms with E-state index in [1.807, 2.05) is 0 Å². The first-order chi connectivity index (χ1) is 5.34. The van der Waals surface area contributed by atoms with E-state index in [0.29, 0.717) is 0 Å². The van der Waals surface area contributed by atoms with Gasteiger partial charge in [-0.2, -0.15) is 0 Å². The van der Waals surface area contributed by atoms with Gasteiger partial charge < -0.3 is 4.90 Å². The summed E-state index contributed by atoms with van der Waals surface area (Å²) < 4.78 is 0. The fraction of sp³-hybridized carbons (Fsp3) is 0.900. The topological polar surface area (TPSA) is 3.24 Å². The molecule has 65 valence electrons. The lowest BCUT2D eigenvalue weighted by atomic mass is 10.1. The summed E-state index contributed by atoms with van der Waals surface area (Å²) in [5, 5.41) is 0. The molecule has 0 saturated carbocycles. The van der Waals surface area contributed by atoms with E-state index in [9.17, 15) is 0 Å². The van der Waals surface area contributed by atoms with Crippen molar-refractivity contribution in [3.63, 3.8) is 0 Å². The van der Waals surface area contributed by atoms with Crippen LogP contribution in [0.5, 0.6) is 0 Å². The van der Waals surface area contributed by atoms with Crippen LogP contribution in [0.15, 0.2) is 0 Å². The van der Waals surface area contributed by atoms with Crippen LogP contribution in [-0.2, 0) is 0 Å². The molecule has 0 bridgehead atoms. The van der Waals surface area contributed by atoms with Crippen LogP contribution in [0.25, 0.3) is 0 Å². The number of hydrogen-bond donors (Lipinski definition) is 0. The Bertz CT molecular complexity index is 101. The molecular formula is C10H20N. The summed E-state index contributed by atoms with van der Waals surface area (Å²) in [5.74, 6) is 0. The van der Waals surface area contributed by atoms with Crippen LogP contribution in [0.3, 0.4) is 0 Å². The highest BCUT2D eigenvalue weighted by Gasteiger charge is 2.14. The van der Waals surface area contributed by atoms with Gasteiger partial charge in [0.2, 0.25) is 0 Å². The second kappa shape index (κ2) is 4.76. The third kappa shape index (κ3) is 2.82. The van der Waals surface area contributed by atoms with Gasteiger partial charge in [-0.15, -0.1) is 0 Å². The summed E-state index contributed by atoms with van der Waals surface area (Å²) in [7, 11) is 0. The molecule has 1 nitrogen and oxygen atoms in total. The second-order valence-corrected chi connectivity index (χ2v) is 3.59. The highest BCUT2D eigenvalue weighted by molar-refractivity contribution is 4.71. The van der Waals surface area contributed by atoms with Crippen LogP contribution < -0.4 is 0 Å². The van der Waals surface area contributed by atoms with E-state index in [1.165, 1.54) is 38.8 Å². The molecule has 0 unspecified atom stereocenters. The Morgan fingerprint density at radius 1 is 1.36 bits per heavy atom. The average molecular weight is 154 g/mol. The molecule has 0 amide bonds. The zero-order valence-corrected chi connectivity index (χ0v) is 7.68. The number of rotatable bonds is 2. The smallest absolute Gasteiger partial charge is 0.00669 e. The van der Waals surface area contributed by atoms with Crippen LogP contribution in [0.1, 0.15) is 39.0 Å². The molecule has 1 aliphatic heterocycles. The predicted molar refractivity (Wildman–Crippen MR) is 49.5 cm³/mol. The molecule has 1 saturated heterocycles. The molecule has 0 N–H and O–H groups in total. The van der Waals surface area contributed by atoms with E-state index in [2.05, 4.69) is 18.7 Å². The molecule has 1 rings (SSSR count). The van der Waals surface area contributed by atoms with E-state index in [-0.39, 0.29) is 0 Å². The summed E-state index contributed by atoms with van der Waals surface area (Å²) >= 11 is 0. The Labute approximate surface area is 70.8 Å². The number of nitrogens with zero attached hydrogens (tertiary/aromatic N) is 1. The fourth-order valence-corrected chi connectivity index (χ4v) is 1.87. The molecule has 0 aliphatic carbocycles. The largest absolute Gasteiger partial charge is 0.301 e. The Kier molecular flexibility index (Phi) is 3.92. The SMILES string of the molecule is [CH2]CCN1CCCCC[C@@H]1C. The maximum absolute atomic E-state index is 3.90. The van der Waals surface area contributed by atoms with Crippen molar-refractivity contribution < 1.29 is 0 Å². The van der Waals surface area contributed by atoms with Gasteiger partial charge in [-0.3, -0.25) is 0 Å². The van der Waals surface area contributed by atoms with Crippen LogP contribution in [-0.4, -0.2) is 24.0 Å². The van der Waals surface area contributed by atoms with Gasteiger partial charge in [0, 0.05) is 6.04 Å². The highest BCUT2D eigenvalue weighted by Crippen LogP contribution is 2.15. The zero-order chi connectivity index (χ0) is 8.10. The van der Waals surface area contributed by atoms with Gasteiger partial charge in [0.25, 0.3) is 0 Å². The summed E-state index contributed by atoms with van der Waals surface area (Å²) in [4.78, 5) is 2.58. The summed E-state index contributed by atoms with van der Waals surface area (Å²) in [6, 6.07) is 0.805. The Hall–Kier alpha value is -0.0400. The van der Waals surface area contributed by atoms with Crippen LogP contribution in [0.4, 0.5) is 0 Å². The van der Waals surface area contributed by atoms with Gasteiger partial charge in [0.15, 0.2) is 0 Å². The van der Waals surface area contributed by atoms with Crippen molar-refractivity contribution in [2.45, 2.75) is 45.1 Å². The van der Waals surface area contributed by atoms with E-state index in [4.69, 9.17) is 0 Å². The monoisotopic (exact) mass is 154 g/mol. The molecule has 1 aliphatic rings. The number of likely N-dealkylation sites (tertiary alicyclic amines) is 1. The normalized spacial score (nSPS) is 28.4. The van der Waals surface area contributed by atoms with Crippen molar-refractivity contribution in [3.05, 3.63) is 6.92 Å². The van der Waals surface area contributed by atoms with Crippen LogP contribution in [0, 0.1) is 6.92 Å². The Balaban J connectivity index is 2.32. The van der Waals surface area contributed by atoms with Crippen LogP contribution >= 0.6 is 0 Å². The molecule has 0 spiro atoms. The molecule has 0 aromatic rings. The minimum Gasteiger partial charge on any atom is -0.301 e. The summed E-state index contributed by atoms with van der Waals surface area (Å²) in [6.07, 6.45) is 6.70. The van der Waals surface area contributed by atoms with Crippen molar-refractivity contribution in [2.75, 3.05) is 13.1 Å². The molecule has 1 fully saturated rings. The highest BCUT2D eigenvalue weighted by atomic mass is 15.1. The second-order valence-electron chi connectivity index (χ2n) is 3.59. The molecule has 1 radical (unpaired) electrons. The van der Waals surface area contributed by atoms with Crippen molar-refractivity contribution >= 4 is 0 Å². The Morgan fingerprint density at radius 3 is 2.91 bits per heavy atom. The maximum Gasteiger partial charge on any atom is 0.00669 e. The van der Waals surface area contributed by atoms with Gasteiger partial charge in [-0.05, 0) is 39.3 Å². The quantitative estimate of drug-likeness (QED) is 0.590. The van der Waals surface area contributed by atoms with Crippen molar-refractivity contribution in [3.8, 4) is 0 Å². The molecule has 0 aromatic heterocycles. The molecule has 1 heteroatoms. The van der Waals surface area contributed by atoms with Crippen LogP contribution in [0.2, 0.25) is 0 Å². The Morgan fingerprint density at radius 2 is 2.18 bits per heavy atom. The van der Waals surface area contributed by atoms with E-state index in [1.54, 1.807) is 0 Å². The predicted octanol–water partition coefficient (Wildman–Crippen LogP) is 2.48. The lowest BCUT2D eigenvalue weighted by molar-refractivity contribution is 0.217. The maximum atomic E-state index is 3.90. The average Bonchev–Trinajstić information content (AvgIpc) is 2.18. The lowest BCUT2D eigenvalue weighted by Gasteiger charge is -2.25. The van der Waals surface area contributed by atoms with Crippen molar-refractivity contribution in [1.82, 2.24) is 4.90 Å². The fourth-order valence-electron chi connectivity index (χ4n) is 1.87. The molecule has 1 heterocycles. The first kappa shape index (κ1) is 9.05. The third-order valence-electron chi connectivity index (χ3n) is 2.64. The minimum atomic E-state index is 0.805. The van der Waals surface area contributed by atoms with Gasteiger partial charge in [0.1, 0.15) is 0 Å². The standard InChI is InChI=1S/C10H20N/c1-3-8-11-9-6-4-5-7-10(11)2/h10H,1,3-9H2,2H3/t10-/m0/s1. The summed E-state index contributed by atoms with van der Waals surface area (Å²) in [6.45, 7) is 8.75. The van der Waals surface area contributed by atoms with Crippen molar-refractivity contribution in [1.29, 1.82) is 0 Å². The van der Waals surface area contributed by atoms with E-state index >= 15 is 0 Å². The first-order valence-corrected chi connectivity index (χ1v) is 4.88. The van der Waals surface area contributed by atoms with Crippen molar-refractivity contribution in [2.24, 2.45) is 0 Å². The lowest BCUT2D eigenvalue weighted by Crippen LogP contribution is -2.33. The third-order valence-corrected chi connectivity index (χ3v) is 2.64.